The van der Waals surface area contributed by atoms with E-state index in [1.54, 1.807) is 6.20 Å². The van der Waals surface area contributed by atoms with Crippen molar-refractivity contribution in [3.63, 3.8) is 0 Å². The van der Waals surface area contributed by atoms with Crippen molar-refractivity contribution in [1.29, 1.82) is 0 Å². The third-order valence-corrected chi connectivity index (χ3v) is 4.08. The van der Waals surface area contributed by atoms with Crippen LogP contribution in [0.4, 0.5) is 10.6 Å². The molecule has 6 heteroatoms. The minimum absolute atomic E-state index is 0.0526. The zero-order valence-corrected chi connectivity index (χ0v) is 14.5. The van der Waals surface area contributed by atoms with Gasteiger partial charge in [0.25, 0.3) is 0 Å². The molecule has 2 aromatic rings. The number of aryl methyl sites for hydroxylation is 1. The highest BCUT2D eigenvalue weighted by atomic mass is 16.3. The van der Waals surface area contributed by atoms with E-state index in [2.05, 4.69) is 10.3 Å². The smallest absolute Gasteiger partial charge is 0.318 e. The summed E-state index contributed by atoms with van der Waals surface area (Å²) in [5.74, 6) is 2.60. The first-order valence-corrected chi connectivity index (χ1v) is 8.25. The summed E-state index contributed by atoms with van der Waals surface area (Å²) in [6.07, 6.45) is 3.92. The first-order valence-electron chi connectivity index (χ1n) is 8.25. The number of carbonyl (C=O) groups excluding carboxylic acids is 1. The van der Waals surface area contributed by atoms with Crippen LogP contribution in [0, 0.1) is 6.92 Å². The lowest BCUT2D eigenvalue weighted by molar-refractivity contribution is 0.186. The average molecular weight is 328 g/mol. The molecule has 1 fully saturated rings. The Balaban J connectivity index is 1.57. The summed E-state index contributed by atoms with van der Waals surface area (Å²) < 4.78 is 5.60. The van der Waals surface area contributed by atoms with Crippen molar-refractivity contribution >= 4 is 11.8 Å². The fourth-order valence-corrected chi connectivity index (χ4v) is 2.56. The van der Waals surface area contributed by atoms with E-state index in [9.17, 15) is 4.79 Å². The SMILES string of the molecule is Cc1ccc(CN(C(=O)NCc2ccc(N(C)C)nc2)C2CC2)o1. The monoisotopic (exact) mass is 328 g/mol. The predicted octanol–water partition coefficient (Wildman–Crippen LogP) is 2.92. The second-order valence-corrected chi connectivity index (χ2v) is 6.45. The van der Waals surface area contributed by atoms with Crippen molar-refractivity contribution < 1.29 is 9.21 Å². The standard InChI is InChI=1S/C18H24N4O2/c1-13-4-8-16(24-13)12-22(15-6-7-15)18(23)20-11-14-5-9-17(19-10-14)21(2)3/h4-5,8-10,15H,6-7,11-12H2,1-3H3,(H,20,23). The molecular formula is C18H24N4O2. The lowest BCUT2D eigenvalue weighted by Gasteiger charge is -2.22. The van der Waals surface area contributed by atoms with E-state index < -0.39 is 0 Å². The molecule has 1 saturated carbocycles. The largest absolute Gasteiger partial charge is 0.464 e. The summed E-state index contributed by atoms with van der Waals surface area (Å²) >= 11 is 0. The number of amides is 2. The molecule has 0 radical (unpaired) electrons. The van der Waals surface area contributed by atoms with Gasteiger partial charge in [0.1, 0.15) is 17.3 Å². The Labute approximate surface area is 142 Å². The van der Waals surface area contributed by atoms with Crippen molar-refractivity contribution in [1.82, 2.24) is 15.2 Å². The number of hydrogen-bond donors (Lipinski definition) is 1. The molecule has 1 aliphatic rings. The number of carbonyl (C=O) groups is 1. The summed E-state index contributed by atoms with van der Waals surface area (Å²) in [5, 5.41) is 2.99. The van der Waals surface area contributed by atoms with Gasteiger partial charge in [0, 0.05) is 32.9 Å². The lowest BCUT2D eigenvalue weighted by atomic mass is 10.3. The number of urea groups is 1. The van der Waals surface area contributed by atoms with Gasteiger partial charge in [-0.1, -0.05) is 6.07 Å². The van der Waals surface area contributed by atoms with Gasteiger partial charge in [-0.2, -0.15) is 0 Å². The molecule has 1 N–H and O–H groups in total. The molecule has 0 spiro atoms. The number of hydrogen-bond acceptors (Lipinski definition) is 4. The van der Waals surface area contributed by atoms with Crippen LogP contribution in [0.3, 0.4) is 0 Å². The van der Waals surface area contributed by atoms with Crippen LogP contribution in [0.15, 0.2) is 34.9 Å². The number of nitrogens with zero attached hydrogens (tertiary/aromatic N) is 3. The fraction of sp³-hybridized carbons (Fsp3) is 0.444. The van der Waals surface area contributed by atoms with Crippen LogP contribution in [0.25, 0.3) is 0 Å². The molecule has 3 rings (SSSR count). The Hall–Kier alpha value is -2.50. The van der Waals surface area contributed by atoms with E-state index in [-0.39, 0.29) is 6.03 Å². The number of anilines is 1. The van der Waals surface area contributed by atoms with Crippen LogP contribution >= 0.6 is 0 Å². The highest BCUT2D eigenvalue weighted by Crippen LogP contribution is 2.28. The van der Waals surface area contributed by atoms with E-state index in [1.165, 1.54) is 0 Å². The van der Waals surface area contributed by atoms with Gasteiger partial charge in [0.05, 0.1) is 6.54 Å². The van der Waals surface area contributed by atoms with Crippen LogP contribution < -0.4 is 10.2 Å². The Morgan fingerprint density at radius 3 is 2.62 bits per heavy atom. The maximum absolute atomic E-state index is 12.5. The van der Waals surface area contributed by atoms with E-state index in [0.29, 0.717) is 19.1 Å². The highest BCUT2D eigenvalue weighted by Gasteiger charge is 2.33. The second-order valence-electron chi connectivity index (χ2n) is 6.45. The summed E-state index contributed by atoms with van der Waals surface area (Å²) in [6, 6.07) is 8.07. The molecule has 6 nitrogen and oxygen atoms in total. The summed E-state index contributed by atoms with van der Waals surface area (Å²) in [7, 11) is 3.90. The molecule has 0 aliphatic heterocycles. The van der Waals surface area contributed by atoms with E-state index in [0.717, 1.165) is 35.7 Å². The number of furan rings is 1. The molecule has 1 aliphatic carbocycles. The van der Waals surface area contributed by atoms with Crippen LogP contribution in [0.2, 0.25) is 0 Å². The zero-order valence-electron chi connectivity index (χ0n) is 14.5. The van der Waals surface area contributed by atoms with Crippen molar-refractivity contribution in [3.8, 4) is 0 Å². The molecule has 2 amide bonds. The summed E-state index contributed by atoms with van der Waals surface area (Å²) in [4.78, 5) is 20.7. The normalized spacial score (nSPS) is 13.6. The quantitative estimate of drug-likeness (QED) is 0.886. The zero-order chi connectivity index (χ0) is 17.1. The van der Waals surface area contributed by atoms with Gasteiger partial charge in [0.2, 0.25) is 0 Å². The lowest BCUT2D eigenvalue weighted by Crippen LogP contribution is -2.40. The maximum Gasteiger partial charge on any atom is 0.318 e. The minimum Gasteiger partial charge on any atom is -0.464 e. The highest BCUT2D eigenvalue weighted by molar-refractivity contribution is 5.74. The van der Waals surface area contributed by atoms with Crippen molar-refractivity contribution in [3.05, 3.63) is 47.5 Å². The molecule has 0 saturated heterocycles. The Kier molecular flexibility index (Phi) is 4.74. The molecule has 2 heterocycles. The number of pyridine rings is 1. The maximum atomic E-state index is 12.5. The van der Waals surface area contributed by atoms with Gasteiger partial charge in [-0.3, -0.25) is 0 Å². The molecule has 0 unspecified atom stereocenters. The number of rotatable bonds is 6. The van der Waals surface area contributed by atoms with Crippen LogP contribution in [0.1, 0.15) is 29.9 Å². The summed E-state index contributed by atoms with van der Waals surface area (Å²) in [6.45, 7) is 2.90. The third-order valence-electron chi connectivity index (χ3n) is 4.08. The van der Waals surface area contributed by atoms with Gasteiger partial charge in [-0.05, 0) is 43.5 Å². The predicted molar refractivity (Wildman–Crippen MR) is 92.8 cm³/mol. The first kappa shape index (κ1) is 16.4. The molecule has 0 aromatic carbocycles. The van der Waals surface area contributed by atoms with Gasteiger partial charge >= 0.3 is 6.03 Å². The topological polar surface area (TPSA) is 61.6 Å². The third kappa shape index (κ3) is 4.07. The number of aromatic nitrogens is 1. The molecule has 24 heavy (non-hydrogen) atoms. The molecule has 0 atom stereocenters. The van der Waals surface area contributed by atoms with E-state index >= 15 is 0 Å². The summed E-state index contributed by atoms with van der Waals surface area (Å²) in [5.41, 5.74) is 0.985. The Morgan fingerprint density at radius 2 is 2.08 bits per heavy atom. The average Bonchev–Trinajstić information content (AvgIpc) is 3.33. The van der Waals surface area contributed by atoms with Crippen molar-refractivity contribution in [2.45, 2.75) is 38.9 Å². The van der Waals surface area contributed by atoms with Crippen LogP contribution in [-0.4, -0.2) is 36.1 Å². The first-order chi connectivity index (χ1) is 11.5. The molecular weight excluding hydrogens is 304 g/mol. The van der Waals surface area contributed by atoms with Gasteiger partial charge in [-0.15, -0.1) is 0 Å². The van der Waals surface area contributed by atoms with Crippen molar-refractivity contribution in [2.75, 3.05) is 19.0 Å². The van der Waals surface area contributed by atoms with Gasteiger partial charge in [-0.25, -0.2) is 9.78 Å². The number of nitrogens with one attached hydrogen (secondary N) is 1. The van der Waals surface area contributed by atoms with Crippen LogP contribution in [-0.2, 0) is 13.1 Å². The Bertz CT molecular complexity index is 689. The second kappa shape index (κ2) is 6.95. The fourth-order valence-electron chi connectivity index (χ4n) is 2.56. The molecule has 2 aromatic heterocycles. The van der Waals surface area contributed by atoms with Gasteiger partial charge in [0.15, 0.2) is 0 Å². The van der Waals surface area contributed by atoms with Gasteiger partial charge < -0.3 is 19.5 Å². The molecule has 128 valence electrons. The van der Waals surface area contributed by atoms with Crippen LogP contribution in [0.5, 0.6) is 0 Å². The Morgan fingerprint density at radius 1 is 1.29 bits per heavy atom. The van der Waals surface area contributed by atoms with E-state index in [4.69, 9.17) is 4.42 Å². The molecule has 0 bridgehead atoms. The minimum atomic E-state index is -0.0526. The van der Waals surface area contributed by atoms with Crippen molar-refractivity contribution in [2.24, 2.45) is 0 Å². The van der Waals surface area contributed by atoms with E-state index in [1.807, 2.05) is 55.1 Å².